The maximum Gasteiger partial charge on any atom is 0.226 e. The molecule has 0 spiro atoms. The van der Waals surface area contributed by atoms with Crippen LogP contribution in [0.1, 0.15) is 12.8 Å². The fraction of sp³-hybridized carbons (Fsp3) is 0.800. The molecule has 1 rings (SSSR count). The third kappa shape index (κ3) is 0.726. The van der Waals surface area contributed by atoms with E-state index in [-0.39, 0.29) is 6.04 Å². The molecule has 2 heteroatoms. The molecule has 7 heavy (non-hydrogen) atoms. The molecule has 1 saturated carbocycles. The Bertz CT molecular complexity index is 97.1. The number of hydrogen-bond donors (Lipinski definition) is 1. The second kappa shape index (κ2) is 1.51. The molecule has 0 unspecified atom stereocenters. The normalized spacial score (nSPS) is 38.9. The van der Waals surface area contributed by atoms with Gasteiger partial charge in [0.25, 0.3) is 0 Å². The van der Waals surface area contributed by atoms with Crippen molar-refractivity contribution in [1.82, 2.24) is 0 Å². The van der Waals surface area contributed by atoms with Gasteiger partial charge in [-0.1, -0.05) is 0 Å². The van der Waals surface area contributed by atoms with Crippen molar-refractivity contribution in [2.45, 2.75) is 24.9 Å². The number of rotatable bonds is 0. The summed E-state index contributed by atoms with van der Waals surface area (Å²) in [7, 11) is 0. The summed E-state index contributed by atoms with van der Waals surface area (Å²) in [4.78, 5) is 3.31. The van der Waals surface area contributed by atoms with Crippen LogP contribution in [0.2, 0.25) is 0 Å². The molecule has 0 aromatic heterocycles. The second-order valence-electron chi connectivity index (χ2n) is 2.01. The van der Waals surface area contributed by atoms with Crippen LogP contribution in [0.3, 0.4) is 0 Å². The van der Waals surface area contributed by atoms with Gasteiger partial charge < -0.3 is 10.6 Å². The van der Waals surface area contributed by atoms with Crippen molar-refractivity contribution in [3.63, 3.8) is 0 Å². The van der Waals surface area contributed by atoms with E-state index in [9.17, 15) is 0 Å². The minimum absolute atomic E-state index is 0.259. The van der Waals surface area contributed by atoms with Gasteiger partial charge in [-0.3, -0.25) is 0 Å². The first-order valence-electron chi connectivity index (χ1n) is 2.45. The molecule has 0 bridgehead atoms. The zero-order chi connectivity index (χ0) is 5.28. The molecule has 0 aromatic carbocycles. The highest BCUT2D eigenvalue weighted by molar-refractivity contribution is 4.94. The summed E-state index contributed by atoms with van der Waals surface area (Å²) in [5.74, 6) is 0. The van der Waals surface area contributed by atoms with E-state index in [0.717, 1.165) is 12.8 Å². The molecule has 0 aromatic rings. The summed E-state index contributed by atoms with van der Waals surface area (Å²) >= 11 is 0. The Morgan fingerprint density at radius 1 is 1.57 bits per heavy atom. The Balaban J connectivity index is 2.21. The van der Waals surface area contributed by atoms with E-state index in [1.807, 2.05) is 0 Å². The summed E-state index contributed by atoms with van der Waals surface area (Å²) in [5, 5.41) is 0. The van der Waals surface area contributed by atoms with Crippen molar-refractivity contribution in [2.75, 3.05) is 0 Å². The summed E-state index contributed by atoms with van der Waals surface area (Å²) in [6.07, 6.45) is 1.84. The topological polar surface area (TPSA) is 30.4 Å². The maximum atomic E-state index is 6.52. The zero-order valence-electron chi connectivity index (χ0n) is 4.09. The first kappa shape index (κ1) is 4.61. The highest BCUT2D eigenvalue weighted by Crippen LogP contribution is 2.20. The van der Waals surface area contributed by atoms with Crippen LogP contribution >= 0.6 is 0 Å². The lowest BCUT2D eigenvalue weighted by molar-refractivity contribution is 0.392. The van der Waals surface area contributed by atoms with Crippen molar-refractivity contribution in [1.29, 1.82) is 0 Å². The number of nitrogens with zero attached hydrogens (tertiary/aromatic N) is 1. The van der Waals surface area contributed by atoms with E-state index in [0.29, 0.717) is 6.04 Å². The van der Waals surface area contributed by atoms with Crippen LogP contribution in [0.5, 0.6) is 0 Å². The van der Waals surface area contributed by atoms with Crippen LogP contribution in [-0.4, -0.2) is 12.1 Å². The van der Waals surface area contributed by atoms with Gasteiger partial charge in [-0.2, -0.15) is 0 Å². The van der Waals surface area contributed by atoms with Gasteiger partial charge in [0.1, 0.15) is 0 Å². The molecule has 2 N–H and O–H groups in total. The molecule has 1 fully saturated rings. The predicted molar refractivity (Wildman–Crippen MR) is 27.6 cm³/mol. The first-order valence-corrected chi connectivity index (χ1v) is 2.45. The summed E-state index contributed by atoms with van der Waals surface area (Å²) in [6, 6.07) is 0.592. The second-order valence-corrected chi connectivity index (χ2v) is 2.01. The lowest BCUT2D eigenvalue weighted by atomic mass is 9.88. The van der Waals surface area contributed by atoms with Crippen molar-refractivity contribution in [3.8, 4) is 0 Å². The number of nitrogens with two attached hydrogens (primary N) is 1. The van der Waals surface area contributed by atoms with Gasteiger partial charge in [-0.15, -0.1) is 0 Å². The molecule has 0 amide bonds. The van der Waals surface area contributed by atoms with Gasteiger partial charge in [-0.05, 0) is 0 Å². The SMILES string of the molecule is [C-]#[N+]C1CC(N)C1. The zero-order valence-corrected chi connectivity index (χ0v) is 4.09. The quantitative estimate of drug-likeness (QED) is 0.434. The van der Waals surface area contributed by atoms with Gasteiger partial charge in [0.15, 0.2) is 0 Å². The Hall–Kier alpha value is -0.550. The standard InChI is InChI=1S/C5H8N2/c1-7-5-2-4(6)3-5/h4-5H,2-3,6H2. The van der Waals surface area contributed by atoms with Gasteiger partial charge >= 0.3 is 0 Å². The fourth-order valence-electron chi connectivity index (χ4n) is 0.735. The molecule has 2 nitrogen and oxygen atoms in total. The number of hydrogen-bond acceptors (Lipinski definition) is 1. The molecular formula is C5H8N2. The summed E-state index contributed by atoms with van der Waals surface area (Å²) in [6.45, 7) is 6.52. The van der Waals surface area contributed by atoms with Crippen LogP contribution in [-0.2, 0) is 0 Å². The Morgan fingerprint density at radius 2 is 2.14 bits per heavy atom. The van der Waals surface area contributed by atoms with Crippen LogP contribution in [0.4, 0.5) is 0 Å². The summed E-state index contributed by atoms with van der Waals surface area (Å²) < 4.78 is 0. The third-order valence-corrected chi connectivity index (χ3v) is 1.33. The van der Waals surface area contributed by atoms with Crippen molar-refractivity contribution in [3.05, 3.63) is 11.4 Å². The molecule has 0 aliphatic heterocycles. The van der Waals surface area contributed by atoms with Crippen LogP contribution in [0, 0.1) is 6.57 Å². The van der Waals surface area contributed by atoms with Gasteiger partial charge in [0.2, 0.25) is 6.04 Å². The summed E-state index contributed by atoms with van der Waals surface area (Å²) in [5.41, 5.74) is 5.40. The van der Waals surface area contributed by atoms with Crippen molar-refractivity contribution < 1.29 is 0 Å². The van der Waals surface area contributed by atoms with E-state index in [1.165, 1.54) is 0 Å². The Morgan fingerprint density at radius 3 is 2.29 bits per heavy atom. The highest BCUT2D eigenvalue weighted by atomic mass is 14.8. The lowest BCUT2D eigenvalue weighted by Crippen LogP contribution is -2.38. The minimum Gasteiger partial charge on any atom is -0.327 e. The Labute approximate surface area is 43.1 Å². The van der Waals surface area contributed by atoms with Crippen LogP contribution in [0.25, 0.3) is 4.85 Å². The van der Waals surface area contributed by atoms with E-state index in [1.54, 1.807) is 0 Å². The lowest BCUT2D eigenvalue weighted by Gasteiger charge is -2.21. The van der Waals surface area contributed by atoms with Crippen LogP contribution in [0.15, 0.2) is 0 Å². The third-order valence-electron chi connectivity index (χ3n) is 1.33. The first-order chi connectivity index (χ1) is 3.33. The fourth-order valence-corrected chi connectivity index (χ4v) is 0.735. The highest BCUT2D eigenvalue weighted by Gasteiger charge is 2.30. The van der Waals surface area contributed by atoms with E-state index < -0.39 is 0 Å². The van der Waals surface area contributed by atoms with Gasteiger partial charge in [0.05, 0.1) is 0 Å². The maximum absolute atomic E-state index is 6.52. The monoisotopic (exact) mass is 96.1 g/mol. The molecule has 1 aliphatic carbocycles. The van der Waals surface area contributed by atoms with Crippen molar-refractivity contribution in [2.24, 2.45) is 5.73 Å². The minimum atomic E-state index is 0.259. The average molecular weight is 96.1 g/mol. The molecule has 0 saturated heterocycles. The van der Waals surface area contributed by atoms with Gasteiger partial charge in [0, 0.05) is 18.9 Å². The molecule has 0 atom stereocenters. The molecule has 1 aliphatic rings. The molecular weight excluding hydrogens is 88.1 g/mol. The molecule has 38 valence electrons. The van der Waals surface area contributed by atoms with Gasteiger partial charge in [-0.25, -0.2) is 6.57 Å². The van der Waals surface area contributed by atoms with Crippen LogP contribution < -0.4 is 5.73 Å². The Kier molecular flexibility index (Phi) is 0.994. The van der Waals surface area contributed by atoms with Crippen molar-refractivity contribution >= 4 is 0 Å². The van der Waals surface area contributed by atoms with E-state index >= 15 is 0 Å². The molecule has 0 heterocycles. The van der Waals surface area contributed by atoms with E-state index in [4.69, 9.17) is 12.3 Å². The van der Waals surface area contributed by atoms with E-state index in [2.05, 4.69) is 4.85 Å². The average Bonchev–Trinajstić information content (AvgIpc) is 1.58. The predicted octanol–water partition coefficient (Wildman–Crippen LogP) is 0.395. The smallest absolute Gasteiger partial charge is 0.226 e. The largest absolute Gasteiger partial charge is 0.327 e. The molecule has 0 radical (unpaired) electrons.